The Kier molecular flexibility index (Phi) is 4.72. The molecule has 0 spiro atoms. The first kappa shape index (κ1) is 14.5. The van der Waals surface area contributed by atoms with Crippen molar-refractivity contribution >= 4 is 21.7 Å². The minimum atomic E-state index is -3.50. The molecule has 0 aliphatic heterocycles. The Bertz CT molecular complexity index is 507. The minimum Gasteiger partial charge on any atom is -0.468 e. The molecule has 100 valence electrons. The summed E-state index contributed by atoms with van der Waals surface area (Å²) in [6.07, 6.45) is 0. The van der Waals surface area contributed by atoms with E-state index in [1.165, 1.54) is 14.0 Å². The first-order valence-corrected chi connectivity index (χ1v) is 7.15. The summed E-state index contributed by atoms with van der Waals surface area (Å²) in [6.45, 7) is 3.13. The van der Waals surface area contributed by atoms with Crippen LogP contribution < -0.4 is 4.31 Å². The lowest BCUT2D eigenvalue weighted by Gasteiger charge is -2.22. The van der Waals surface area contributed by atoms with Gasteiger partial charge < -0.3 is 4.74 Å². The summed E-state index contributed by atoms with van der Waals surface area (Å²) in [7, 11) is -2.27. The number of esters is 1. The lowest BCUT2D eigenvalue weighted by Crippen LogP contribution is -2.37. The molecule has 0 heterocycles. The number of hydrogen-bond donors (Lipinski definition) is 0. The summed E-state index contributed by atoms with van der Waals surface area (Å²) in [5.74, 6) is -0.662. The number of benzene rings is 1. The van der Waals surface area contributed by atoms with Crippen LogP contribution in [-0.2, 0) is 19.6 Å². The largest absolute Gasteiger partial charge is 0.468 e. The third-order valence-electron chi connectivity index (χ3n) is 2.52. The Morgan fingerprint density at radius 3 is 2.28 bits per heavy atom. The molecule has 0 bridgehead atoms. The summed E-state index contributed by atoms with van der Waals surface area (Å²) in [5, 5.41) is 0. The number of carbonyl (C=O) groups excluding carboxylic acids is 1. The van der Waals surface area contributed by atoms with Crippen LogP contribution in [0.25, 0.3) is 0 Å². The molecule has 5 nitrogen and oxygen atoms in total. The number of ether oxygens (including phenoxy) is 1. The van der Waals surface area contributed by atoms with Gasteiger partial charge >= 0.3 is 5.97 Å². The van der Waals surface area contributed by atoms with Gasteiger partial charge in [-0.3, -0.25) is 9.10 Å². The first-order chi connectivity index (χ1) is 8.40. The zero-order valence-electron chi connectivity index (χ0n) is 10.7. The fourth-order valence-electron chi connectivity index (χ4n) is 1.40. The van der Waals surface area contributed by atoms with Gasteiger partial charge in [-0.2, -0.15) is 0 Å². The maximum absolute atomic E-state index is 12.0. The SMILES string of the molecule is CCS(=O)(=O)N(CC(=O)OC)c1ccc(C)cc1. The third-order valence-corrected chi connectivity index (χ3v) is 4.26. The lowest BCUT2D eigenvalue weighted by molar-refractivity contribution is -0.138. The average molecular weight is 271 g/mol. The number of methoxy groups -OCH3 is 1. The smallest absolute Gasteiger partial charge is 0.326 e. The Morgan fingerprint density at radius 2 is 1.83 bits per heavy atom. The molecule has 0 unspecified atom stereocenters. The van der Waals surface area contributed by atoms with Gasteiger partial charge in [0.2, 0.25) is 10.0 Å². The van der Waals surface area contributed by atoms with E-state index in [4.69, 9.17) is 0 Å². The zero-order chi connectivity index (χ0) is 13.8. The Labute approximate surface area is 107 Å². The number of carbonyl (C=O) groups is 1. The van der Waals surface area contributed by atoms with E-state index in [9.17, 15) is 13.2 Å². The van der Waals surface area contributed by atoms with E-state index >= 15 is 0 Å². The van der Waals surface area contributed by atoms with Crippen LogP contribution >= 0.6 is 0 Å². The van der Waals surface area contributed by atoms with Crippen LogP contribution in [0.4, 0.5) is 5.69 Å². The standard InChI is InChI=1S/C12H17NO4S/c1-4-18(15,16)13(9-12(14)17-3)11-7-5-10(2)6-8-11/h5-8H,4,9H2,1-3H3. The van der Waals surface area contributed by atoms with Crippen molar-refractivity contribution in [2.24, 2.45) is 0 Å². The molecule has 1 aromatic carbocycles. The highest BCUT2D eigenvalue weighted by Gasteiger charge is 2.23. The van der Waals surface area contributed by atoms with Gasteiger partial charge in [0.1, 0.15) is 6.54 Å². The van der Waals surface area contributed by atoms with Crippen LogP contribution in [0.1, 0.15) is 12.5 Å². The molecular formula is C12H17NO4S. The molecule has 0 aliphatic rings. The van der Waals surface area contributed by atoms with Gasteiger partial charge in [0.25, 0.3) is 0 Å². The molecular weight excluding hydrogens is 254 g/mol. The predicted molar refractivity (Wildman–Crippen MR) is 70.0 cm³/mol. The maximum atomic E-state index is 12.0. The molecule has 0 aliphatic carbocycles. The highest BCUT2D eigenvalue weighted by molar-refractivity contribution is 7.92. The summed E-state index contributed by atoms with van der Waals surface area (Å²) >= 11 is 0. The lowest BCUT2D eigenvalue weighted by atomic mass is 10.2. The van der Waals surface area contributed by atoms with Crippen molar-refractivity contribution in [2.45, 2.75) is 13.8 Å². The maximum Gasteiger partial charge on any atom is 0.326 e. The van der Waals surface area contributed by atoms with E-state index in [0.717, 1.165) is 9.87 Å². The van der Waals surface area contributed by atoms with E-state index in [-0.39, 0.29) is 12.3 Å². The van der Waals surface area contributed by atoms with Crippen LogP contribution in [0.5, 0.6) is 0 Å². The number of aryl methyl sites for hydroxylation is 1. The topological polar surface area (TPSA) is 63.7 Å². The second-order valence-electron chi connectivity index (χ2n) is 3.82. The molecule has 0 atom stereocenters. The van der Waals surface area contributed by atoms with E-state index in [1.54, 1.807) is 24.3 Å². The fraction of sp³-hybridized carbons (Fsp3) is 0.417. The van der Waals surface area contributed by atoms with Crippen LogP contribution in [0.15, 0.2) is 24.3 Å². The van der Waals surface area contributed by atoms with Crippen molar-refractivity contribution < 1.29 is 17.9 Å². The summed E-state index contributed by atoms with van der Waals surface area (Å²) in [5.41, 5.74) is 1.48. The van der Waals surface area contributed by atoms with Crippen molar-refractivity contribution in [1.82, 2.24) is 0 Å². The highest BCUT2D eigenvalue weighted by Crippen LogP contribution is 2.19. The molecule has 0 saturated carbocycles. The number of rotatable bonds is 5. The van der Waals surface area contributed by atoms with Gasteiger partial charge in [-0.05, 0) is 26.0 Å². The highest BCUT2D eigenvalue weighted by atomic mass is 32.2. The monoisotopic (exact) mass is 271 g/mol. The molecule has 0 amide bonds. The quantitative estimate of drug-likeness (QED) is 0.758. The summed E-state index contributed by atoms with van der Waals surface area (Å²) in [4.78, 5) is 11.3. The van der Waals surface area contributed by atoms with Gasteiger partial charge in [0.05, 0.1) is 18.6 Å². The van der Waals surface area contributed by atoms with Crippen LogP contribution in [0, 0.1) is 6.92 Å². The molecule has 0 radical (unpaired) electrons. The van der Waals surface area contributed by atoms with E-state index in [2.05, 4.69) is 4.74 Å². The van der Waals surface area contributed by atoms with Crippen LogP contribution in [0.2, 0.25) is 0 Å². The van der Waals surface area contributed by atoms with Crippen molar-refractivity contribution in [3.05, 3.63) is 29.8 Å². The zero-order valence-corrected chi connectivity index (χ0v) is 11.5. The molecule has 0 aromatic heterocycles. The van der Waals surface area contributed by atoms with E-state index < -0.39 is 16.0 Å². The Morgan fingerprint density at radius 1 is 1.28 bits per heavy atom. The van der Waals surface area contributed by atoms with E-state index in [1.807, 2.05) is 6.92 Å². The number of hydrogen-bond acceptors (Lipinski definition) is 4. The van der Waals surface area contributed by atoms with Crippen molar-refractivity contribution in [3.63, 3.8) is 0 Å². The summed E-state index contributed by atoms with van der Waals surface area (Å²) in [6, 6.07) is 6.94. The number of anilines is 1. The fourth-order valence-corrected chi connectivity index (χ4v) is 2.46. The van der Waals surface area contributed by atoms with Gasteiger partial charge in [-0.15, -0.1) is 0 Å². The molecule has 6 heteroatoms. The minimum absolute atomic E-state index is 0.0716. The van der Waals surface area contributed by atoms with Crippen molar-refractivity contribution in [3.8, 4) is 0 Å². The average Bonchev–Trinajstić information content (AvgIpc) is 2.36. The summed E-state index contributed by atoms with van der Waals surface area (Å²) < 4.78 is 29.5. The van der Waals surface area contributed by atoms with Gasteiger partial charge in [0.15, 0.2) is 0 Å². The van der Waals surface area contributed by atoms with Gasteiger partial charge in [-0.25, -0.2) is 8.42 Å². The van der Waals surface area contributed by atoms with Crippen LogP contribution in [0.3, 0.4) is 0 Å². The normalized spacial score (nSPS) is 11.1. The molecule has 0 fully saturated rings. The van der Waals surface area contributed by atoms with Crippen molar-refractivity contribution in [2.75, 3.05) is 23.7 Å². The number of nitrogens with zero attached hydrogens (tertiary/aromatic N) is 1. The second kappa shape index (κ2) is 5.86. The van der Waals surface area contributed by atoms with Gasteiger partial charge in [-0.1, -0.05) is 17.7 Å². The van der Waals surface area contributed by atoms with Gasteiger partial charge in [0, 0.05) is 0 Å². The second-order valence-corrected chi connectivity index (χ2v) is 6.00. The van der Waals surface area contributed by atoms with Crippen molar-refractivity contribution in [1.29, 1.82) is 0 Å². The molecule has 0 saturated heterocycles. The molecule has 0 N–H and O–H groups in total. The Hall–Kier alpha value is -1.56. The first-order valence-electron chi connectivity index (χ1n) is 5.54. The van der Waals surface area contributed by atoms with E-state index in [0.29, 0.717) is 5.69 Å². The molecule has 1 aromatic rings. The third kappa shape index (κ3) is 3.46. The number of sulfonamides is 1. The Balaban J connectivity index is 3.12. The predicted octanol–water partition coefficient (Wildman–Crippen LogP) is 1.32. The van der Waals surface area contributed by atoms with Crippen LogP contribution in [-0.4, -0.2) is 33.8 Å². The molecule has 18 heavy (non-hydrogen) atoms. The molecule has 1 rings (SSSR count).